The van der Waals surface area contributed by atoms with Gasteiger partial charge in [0.1, 0.15) is 18.5 Å². The van der Waals surface area contributed by atoms with Crippen LogP contribution in [0.25, 0.3) is 0 Å². The van der Waals surface area contributed by atoms with E-state index in [1.807, 2.05) is 18.2 Å². The second-order valence-corrected chi connectivity index (χ2v) is 10.7. The topological polar surface area (TPSA) is 54.0 Å². The van der Waals surface area contributed by atoms with E-state index in [0.29, 0.717) is 6.61 Å². The molecule has 2 aliphatic carbocycles. The van der Waals surface area contributed by atoms with Gasteiger partial charge in [-0.25, -0.2) is 0 Å². The van der Waals surface area contributed by atoms with E-state index < -0.39 is 5.60 Å². The fraction of sp³-hybridized carbons (Fsp3) is 0.630. The molecule has 1 aromatic rings. The quantitative estimate of drug-likeness (QED) is 0.525. The monoisotopic (exact) mass is 518 g/mol. The van der Waals surface area contributed by atoms with Crippen LogP contribution in [0, 0.1) is 11.8 Å². The van der Waals surface area contributed by atoms with Crippen LogP contribution in [0.3, 0.4) is 0 Å². The lowest BCUT2D eigenvalue weighted by Gasteiger charge is -2.46. The highest BCUT2D eigenvalue weighted by molar-refractivity contribution is 9.11. The van der Waals surface area contributed by atoms with E-state index in [1.165, 1.54) is 12.0 Å². The Morgan fingerprint density at radius 1 is 1.15 bits per heavy atom. The summed E-state index contributed by atoms with van der Waals surface area (Å²) in [6.07, 6.45) is 7.23. The Balaban J connectivity index is 1.62. The highest BCUT2D eigenvalue weighted by Gasteiger charge is 2.45. The molecule has 2 N–H and O–H groups in total. The maximum absolute atomic E-state index is 11.9. The van der Waals surface area contributed by atoms with Gasteiger partial charge in [-0.05, 0) is 40.4 Å². The van der Waals surface area contributed by atoms with Crippen LogP contribution in [0.5, 0.6) is 0 Å². The van der Waals surface area contributed by atoms with Gasteiger partial charge in [-0.15, -0.1) is 0 Å². The van der Waals surface area contributed by atoms with E-state index in [-0.39, 0.29) is 17.9 Å². The summed E-state index contributed by atoms with van der Waals surface area (Å²) >= 11 is 3.81. The van der Waals surface area contributed by atoms with Crippen LogP contribution in [-0.2, 0) is 16.1 Å². The fourth-order valence-corrected chi connectivity index (χ4v) is 6.36. The number of allylic oxidation sites excluding steroid dienone is 2. The van der Waals surface area contributed by atoms with E-state index in [9.17, 15) is 5.11 Å². The molecule has 6 heteroatoms. The Morgan fingerprint density at radius 2 is 1.85 bits per heavy atom. The Morgan fingerprint density at radius 3 is 2.52 bits per heavy atom. The summed E-state index contributed by atoms with van der Waals surface area (Å²) in [6.45, 7) is 7.72. The van der Waals surface area contributed by atoms with Gasteiger partial charge in [-0.2, -0.15) is 0 Å². The number of hydrogen-bond acceptors (Lipinski definition) is 5. The predicted molar refractivity (Wildman–Crippen MR) is 136 cm³/mol. The molecule has 0 bridgehead atoms. The molecule has 2 fully saturated rings. The standard InChI is InChI=1S/C27H39BrN2O3/c1-20-22(17-24(28)26(25(20)32-2)33-19-21-9-5-3-6-10-21)23(18-30-15-13-29-14-16-30)27(31)11-7-4-8-12-27/h3,5-6,9-10,17,20,23,25,29,31H,4,7-8,11-16,18-19H2,1-2H3. The number of halogens is 1. The summed E-state index contributed by atoms with van der Waals surface area (Å²) in [5.74, 6) is 1.06. The number of aliphatic hydroxyl groups is 1. The molecule has 0 spiro atoms. The van der Waals surface area contributed by atoms with Gasteiger partial charge in [0.05, 0.1) is 10.1 Å². The van der Waals surface area contributed by atoms with Crippen molar-refractivity contribution in [2.24, 2.45) is 11.8 Å². The molecule has 3 aliphatic rings. The zero-order valence-electron chi connectivity index (χ0n) is 20.1. The average Bonchev–Trinajstić information content (AvgIpc) is 2.84. The smallest absolute Gasteiger partial charge is 0.140 e. The fourth-order valence-electron chi connectivity index (χ4n) is 5.75. The van der Waals surface area contributed by atoms with E-state index in [0.717, 1.165) is 74.2 Å². The summed E-state index contributed by atoms with van der Waals surface area (Å²) in [6, 6.07) is 10.2. The zero-order valence-corrected chi connectivity index (χ0v) is 21.6. The first-order chi connectivity index (χ1) is 16.0. The molecule has 182 valence electrons. The molecule has 33 heavy (non-hydrogen) atoms. The first-order valence-corrected chi connectivity index (χ1v) is 13.3. The highest BCUT2D eigenvalue weighted by Crippen LogP contribution is 2.45. The van der Waals surface area contributed by atoms with Crippen molar-refractivity contribution in [3.8, 4) is 0 Å². The molecule has 4 rings (SSSR count). The summed E-state index contributed by atoms with van der Waals surface area (Å²) in [7, 11) is 1.76. The van der Waals surface area contributed by atoms with E-state index >= 15 is 0 Å². The lowest BCUT2D eigenvalue weighted by Crippen LogP contribution is -2.52. The normalized spacial score (nSPS) is 27.2. The predicted octanol–water partition coefficient (Wildman–Crippen LogP) is 4.62. The number of benzene rings is 1. The number of nitrogens with one attached hydrogen (secondary N) is 1. The first kappa shape index (κ1) is 24.9. The summed E-state index contributed by atoms with van der Waals surface area (Å²) < 4.78 is 13.2. The SMILES string of the molecule is COC1C(OCc2ccccc2)=C(Br)C=C(C(CN2CCNCC2)C2(O)CCCCC2)C1C. The minimum atomic E-state index is -0.656. The maximum Gasteiger partial charge on any atom is 0.140 e. The van der Waals surface area contributed by atoms with Gasteiger partial charge in [-0.3, -0.25) is 0 Å². The Bertz CT molecular complexity index is 829. The van der Waals surface area contributed by atoms with E-state index in [2.05, 4.69) is 51.3 Å². The van der Waals surface area contributed by atoms with Gasteiger partial charge in [-0.1, -0.05) is 62.1 Å². The summed E-state index contributed by atoms with van der Waals surface area (Å²) in [5.41, 5.74) is 1.76. The second kappa shape index (κ2) is 11.5. The first-order valence-electron chi connectivity index (χ1n) is 12.5. The van der Waals surface area contributed by atoms with Crippen molar-refractivity contribution >= 4 is 15.9 Å². The molecule has 0 aromatic heterocycles. The van der Waals surface area contributed by atoms with Crippen molar-refractivity contribution in [3.63, 3.8) is 0 Å². The molecule has 1 aliphatic heterocycles. The molecule has 3 atom stereocenters. The van der Waals surface area contributed by atoms with Crippen LogP contribution in [-0.4, -0.2) is 61.5 Å². The minimum absolute atomic E-state index is 0.0896. The third kappa shape index (κ3) is 5.91. The number of ether oxygens (including phenoxy) is 2. The third-order valence-corrected chi connectivity index (χ3v) is 8.30. The maximum atomic E-state index is 11.9. The van der Waals surface area contributed by atoms with Crippen LogP contribution in [0.4, 0.5) is 0 Å². The number of nitrogens with zero attached hydrogens (tertiary/aromatic N) is 1. The molecule has 1 saturated heterocycles. The molecule has 1 aromatic carbocycles. The average molecular weight is 520 g/mol. The largest absolute Gasteiger partial charge is 0.489 e. The van der Waals surface area contributed by atoms with Crippen LogP contribution in [0.15, 0.2) is 52.2 Å². The van der Waals surface area contributed by atoms with Crippen molar-refractivity contribution < 1.29 is 14.6 Å². The van der Waals surface area contributed by atoms with Crippen LogP contribution < -0.4 is 5.32 Å². The lowest BCUT2D eigenvalue weighted by atomic mass is 9.68. The minimum Gasteiger partial charge on any atom is -0.489 e. The van der Waals surface area contributed by atoms with Gasteiger partial charge in [0.15, 0.2) is 0 Å². The molecule has 5 nitrogen and oxygen atoms in total. The molecular formula is C27H39BrN2O3. The van der Waals surface area contributed by atoms with Crippen LogP contribution in [0.1, 0.15) is 44.6 Å². The van der Waals surface area contributed by atoms with Crippen molar-refractivity contribution in [1.82, 2.24) is 10.2 Å². The molecule has 1 saturated carbocycles. The van der Waals surface area contributed by atoms with Crippen LogP contribution >= 0.6 is 15.9 Å². The Labute approximate surface area is 207 Å². The molecular weight excluding hydrogens is 480 g/mol. The van der Waals surface area contributed by atoms with Gasteiger partial charge in [0.25, 0.3) is 0 Å². The molecule has 1 heterocycles. The second-order valence-electron chi connectivity index (χ2n) is 9.84. The third-order valence-electron chi connectivity index (χ3n) is 7.68. The molecule has 3 unspecified atom stereocenters. The molecule has 0 amide bonds. The molecule has 0 radical (unpaired) electrons. The van der Waals surface area contributed by atoms with Crippen LogP contribution in [0.2, 0.25) is 0 Å². The van der Waals surface area contributed by atoms with Gasteiger partial charge >= 0.3 is 0 Å². The van der Waals surface area contributed by atoms with E-state index in [4.69, 9.17) is 9.47 Å². The highest BCUT2D eigenvalue weighted by atomic mass is 79.9. The zero-order chi connectivity index (χ0) is 23.3. The summed E-state index contributed by atoms with van der Waals surface area (Å²) in [4.78, 5) is 2.52. The number of methoxy groups -OCH3 is 1. The number of piperazine rings is 1. The number of hydrogen-bond donors (Lipinski definition) is 2. The Kier molecular flexibility index (Phi) is 8.69. The summed E-state index contributed by atoms with van der Waals surface area (Å²) in [5, 5.41) is 15.4. The van der Waals surface area contributed by atoms with Gasteiger partial charge in [0.2, 0.25) is 0 Å². The van der Waals surface area contributed by atoms with Crippen molar-refractivity contribution in [3.05, 3.63) is 57.8 Å². The van der Waals surface area contributed by atoms with Crippen molar-refractivity contribution in [2.75, 3.05) is 39.8 Å². The van der Waals surface area contributed by atoms with E-state index in [1.54, 1.807) is 7.11 Å². The van der Waals surface area contributed by atoms with Crippen molar-refractivity contribution in [2.45, 2.75) is 57.3 Å². The number of rotatable bonds is 8. The lowest BCUT2D eigenvalue weighted by molar-refractivity contribution is -0.0552. The van der Waals surface area contributed by atoms with Gasteiger partial charge in [0, 0.05) is 51.7 Å². The van der Waals surface area contributed by atoms with Gasteiger partial charge < -0.3 is 24.8 Å². The Hall–Kier alpha value is -1.18. The van der Waals surface area contributed by atoms with Crippen molar-refractivity contribution in [1.29, 1.82) is 0 Å².